The van der Waals surface area contributed by atoms with E-state index in [1.165, 1.54) is 0 Å². The molecule has 0 radical (unpaired) electrons. The number of ether oxygens (including phenoxy) is 1. The highest BCUT2D eigenvalue weighted by Crippen LogP contribution is 2.23. The normalized spacial score (nSPS) is 16.9. The van der Waals surface area contributed by atoms with Crippen molar-refractivity contribution in [3.8, 4) is 0 Å². The fourth-order valence-electron chi connectivity index (χ4n) is 2.64. The molecular weight excluding hydrogens is 328 g/mol. The van der Waals surface area contributed by atoms with Crippen LogP contribution in [0.4, 0.5) is 4.79 Å². The molecule has 0 unspecified atom stereocenters. The molecule has 1 aliphatic rings. The van der Waals surface area contributed by atoms with Gasteiger partial charge in [0.25, 0.3) is 0 Å². The summed E-state index contributed by atoms with van der Waals surface area (Å²) in [6, 6.07) is 3.31. The molecule has 6 nitrogen and oxygen atoms in total. The van der Waals surface area contributed by atoms with E-state index >= 15 is 0 Å². The maximum Gasteiger partial charge on any atom is 0.410 e. The van der Waals surface area contributed by atoms with Crippen molar-refractivity contribution in [2.24, 2.45) is 5.92 Å². The van der Waals surface area contributed by atoms with E-state index in [0.29, 0.717) is 25.9 Å². The molecule has 1 aliphatic heterocycles. The van der Waals surface area contributed by atoms with Gasteiger partial charge in [-0.05, 0) is 58.1 Å². The SMILES string of the molecule is Cc1ccc(S(=O)(=O)CC2CCN(C(=O)OC(C)(C)C)CC2)nc1. The average Bonchev–Trinajstić information content (AvgIpc) is 2.46. The van der Waals surface area contributed by atoms with E-state index in [4.69, 9.17) is 4.74 Å². The smallest absolute Gasteiger partial charge is 0.410 e. The zero-order valence-corrected chi connectivity index (χ0v) is 15.6. The fraction of sp³-hybridized carbons (Fsp3) is 0.647. The standard InChI is InChI=1S/C17H26N2O4S/c1-13-5-6-15(18-11-13)24(21,22)12-14-7-9-19(10-8-14)16(20)23-17(2,3)4/h5-6,11,14H,7-10,12H2,1-4H3. The third kappa shape index (κ3) is 5.19. The predicted octanol–water partition coefficient (Wildman–Crippen LogP) is 2.81. The van der Waals surface area contributed by atoms with Gasteiger partial charge in [0.05, 0.1) is 5.75 Å². The van der Waals surface area contributed by atoms with Gasteiger partial charge in [-0.3, -0.25) is 0 Å². The molecule has 2 heterocycles. The second kappa shape index (κ2) is 7.09. The topological polar surface area (TPSA) is 76.6 Å². The summed E-state index contributed by atoms with van der Waals surface area (Å²) in [5, 5.41) is 0.127. The molecule has 0 saturated carbocycles. The van der Waals surface area contributed by atoms with Crippen molar-refractivity contribution in [1.82, 2.24) is 9.88 Å². The predicted molar refractivity (Wildman–Crippen MR) is 91.6 cm³/mol. The molecular formula is C17H26N2O4S. The fourth-order valence-corrected chi connectivity index (χ4v) is 4.26. The van der Waals surface area contributed by atoms with Gasteiger partial charge < -0.3 is 9.64 Å². The Balaban J connectivity index is 1.91. The minimum atomic E-state index is -3.39. The van der Waals surface area contributed by atoms with E-state index in [2.05, 4.69) is 4.98 Å². The van der Waals surface area contributed by atoms with Crippen molar-refractivity contribution < 1.29 is 17.9 Å². The van der Waals surface area contributed by atoms with Gasteiger partial charge in [0.15, 0.2) is 14.9 Å². The largest absolute Gasteiger partial charge is 0.444 e. The van der Waals surface area contributed by atoms with Crippen molar-refractivity contribution in [2.45, 2.75) is 51.2 Å². The van der Waals surface area contributed by atoms with Crippen molar-refractivity contribution in [3.63, 3.8) is 0 Å². The number of hydrogen-bond acceptors (Lipinski definition) is 5. The Kier molecular flexibility index (Phi) is 5.52. The number of aromatic nitrogens is 1. The molecule has 1 aromatic rings. The van der Waals surface area contributed by atoms with Crippen molar-refractivity contribution in [3.05, 3.63) is 23.9 Å². The number of piperidine rings is 1. The van der Waals surface area contributed by atoms with Crippen LogP contribution in [0.3, 0.4) is 0 Å². The lowest BCUT2D eigenvalue weighted by molar-refractivity contribution is 0.0191. The van der Waals surface area contributed by atoms with Crippen LogP contribution in [0, 0.1) is 12.8 Å². The number of rotatable bonds is 3. The number of aryl methyl sites for hydroxylation is 1. The van der Waals surface area contributed by atoms with Gasteiger partial charge in [-0.2, -0.15) is 0 Å². The third-order valence-electron chi connectivity index (χ3n) is 3.92. The first-order valence-electron chi connectivity index (χ1n) is 8.20. The summed E-state index contributed by atoms with van der Waals surface area (Å²) >= 11 is 0. The van der Waals surface area contributed by atoms with E-state index in [9.17, 15) is 13.2 Å². The number of nitrogens with zero attached hydrogens (tertiary/aromatic N) is 2. The lowest BCUT2D eigenvalue weighted by atomic mass is 9.99. The van der Waals surface area contributed by atoms with E-state index in [1.807, 2.05) is 27.7 Å². The Labute approximate surface area is 144 Å². The number of pyridine rings is 1. The summed E-state index contributed by atoms with van der Waals surface area (Å²) in [4.78, 5) is 17.7. The first-order valence-corrected chi connectivity index (χ1v) is 9.85. The van der Waals surface area contributed by atoms with Gasteiger partial charge in [-0.15, -0.1) is 0 Å². The van der Waals surface area contributed by atoms with Gasteiger partial charge in [0.1, 0.15) is 5.60 Å². The zero-order chi connectivity index (χ0) is 18.0. The number of hydrogen-bond donors (Lipinski definition) is 0. The van der Waals surface area contributed by atoms with Crippen LogP contribution in [-0.4, -0.2) is 48.8 Å². The van der Waals surface area contributed by atoms with Gasteiger partial charge >= 0.3 is 6.09 Å². The first-order chi connectivity index (χ1) is 11.1. The van der Waals surface area contributed by atoms with Crippen LogP contribution in [-0.2, 0) is 14.6 Å². The maximum atomic E-state index is 12.4. The summed E-state index contributed by atoms with van der Waals surface area (Å²) in [6.45, 7) is 8.42. The number of carbonyl (C=O) groups excluding carboxylic acids is 1. The van der Waals surface area contributed by atoms with Gasteiger partial charge in [-0.1, -0.05) is 6.07 Å². The van der Waals surface area contributed by atoms with Gasteiger partial charge in [0, 0.05) is 19.3 Å². The Morgan fingerprint density at radius 1 is 1.29 bits per heavy atom. The van der Waals surface area contributed by atoms with Crippen LogP contribution < -0.4 is 0 Å². The summed E-state index contributed by atoms with van der Waals surface area (Å²) in [5.41, 5.74) is 0.411. The Hall–Kier alpha value is -1.63. The minimum absolute atomic E-state index is 0.0387. The molecule has 1 amide bonds. The molecule has 24 heavy (non-hydrogen) atoms. The lowest BCUT2D eigenvalue weighted by Gasteiger charge is -2.33. The van der Waals surface area contributed by atoms with Gasteiger partial charge in [0.2, 0.25) is 0 Å². The Bertz CT molecular complexity index is 670. The molecule has 1 saturated heterocycles. The van der Waals surface area contributed by atoms with Crippen LogP contribution in [0.2, 0.25) is 0 Å². The lowest BCUT2D eigenvalue weighted by Crippen LogP contribution is -2.42. The molecule has 0 bridgehead atoms. The third-order valence-corrected chi connectivity index (χ3v) is 5.71. The molecule has 0 aromatic carbocycles. The van der Waals surface area contributed by atoms with Crippen molar-refractivity contribution >= 4 is 15.9 Å². The second-order valence-electron chi connectivity index (χ2n) is 7.37. The maximum absolute atomic E-state index is 12.4. The molecule has 0 atom stereocenters. The van der Waals surface area contributed by atoms with E-state index in [-0.39, 0.29) is 22.8 Å². The molecule has 1 fully saturated rings. The van der Waals surface area contributed by atoms with E-state index in [0.717, 1.165) is 5.56 Å². The van der Waals surface area contributed by atoms with Crippen LogP contribution in [0.15, 0.2) is 23.4 Å². The quantitative estimate of drug-likeness (QED) is 0.834. The number of sulfone groups is 1. The van der Waals surface area contributed by atoms with Crippen LogP contribution in [0.1, 0.15) is 39.2 Å². The molecule has 0 N–H and O–H groups in total. The summed E-state index contributed by atoms with van der Waals surface area (Å²) < 4.78 is 30.2. The van der Waals surface area contributed by atoms with Crippen LogP contribution in [0.5, 0.6) is 0 Å². The number of likely N-dealkylation sites (tertiary alicyclic amines) is 1. The van der Waals surface area contributed by atoms with Crippen LogP contribution in [0.25, 0.3) is 0 Å². The molecule has 0 spiro atoms. The highest BCUT2D eigenvalue weighted by Gasteiger charge is 2.30. The Morgan fingerprint density at radius 3 is 2.42 bits per heavy atom. The van der Waals surface area contributed by atoms with E-state index in [1.54, 1.807) is 23.2 Å². The zero-order valence-electron chi connectivity index (χ0n) is 14.8. The Morgan fingerprint density at radius 2 is 1.92 bits per heavy atom. The molecule has 2 rings (SSSR count). The van der Waals surface area contributed by atoms with Crippen molar-refractivity contribution in [2.75, 3.05) is 18.8 Å². The molecule has 7 heteroatoms. The second-order valence-corrected chi connectivity index (χ2v) is 9.35. The first kappa shape index (κ1) is 18.7. The average molecular weight is 354 g/mol. The monoisotopic (exact) mass is 354 g/mol. The summed E-state index contributed by atoms with van der Waals surface area (Å²) in [6.07, 6.45) is 2.55. The molecule has 0 aliphatic carbocycles. The highest BCUT2D eigenvalue weighted by molar-refractivity contribution is 7.91. The highest BCUT2D eigenvalue weighted by atomic mass is 32.2. The van der Waals surface area contributed by atoms with Crippen LogP contribution >= 0.6 is 0 Å². The number of amides is 1. The number of carbonyl (C=O) groups is 1. The minimum Gasteiger partial charge on any atom is -0.444 e. The van der Waals surface area contributed by atoms with Gasteiger partial charge in [-0.25, -0.2) is 18.2 Å². The molecule has 134 valence electrons. The molecule has 1 aromatic heterocycles. The summed E-state index contributed by atoms with van der Waals surface area (Å²) in [7, 11) is -3.39. The summed E-state index contributed by atoms with van der Waals surface area (Å²) in [5.74, 6) is 0.113. The van der Waals surface area contributed by atoms with E-state index < -0.39 is 15.4 Å². The van der Waals surface area contributed by atoms with Crippen molar-refractivity contribution in [1.29, 1.82) is 0 Å².